The predicted molar refractivity (Wildman–Crippen MR) is 254 cm³/mol. The van der Waals surface area contributed by atoms with Crippen LogP contribution in [0.1, 0.15) is 102 Å². The Bertz CT molecular complexity index is 2910. The van der Waals surface area contributed by atoms with Gasteiger partial charge >= 0.3 is 0 Å². The second-order valence-electron chi connectivity index (χ2n) is 16.4. The lowest BCUT2D eigenvalue weighted by atomic mass is 9.94. The van der Waals surface area contributed by atoms with Crippen molar-refractivity contribution in [3.8, 4) is 11.8 Å². The first-order valence-electron chi connectivity index (χ1n) is 22.2. The number of anilines is 3. The minimum Gasteiger partial charge on any atom is -0.311 e. The standard InChI is InChI=1S/C54H53N3O4/c1-3-5-7-9-11-19-31-55-51(58)47-34-39-33-40-35-48-50(54(61)56(52(48)59)32-20-12-10-8-6-4-2)37-46(40)44(45(39)36-49(47)53(55)60)30-27-38-25-28-43(29-26-38)57(41-21-15-13-16-22-41)42-23-17-14-18-24-42/h13-18,21-26,28-29,33-37H,3-12,19-20,31-32H2,1-2H3. The third-order valence-electron chi connectivity index (χ3n) is 12.1. The molecule has 0 bridgehead atoms. The fraction of sp³-hybridized carbons (Fsp3) is 0.296. The molecule has 2 heterocycles. The van der Waals surface area contributed by atoms with Crippen molar-refractivity contribution in [2.24, 2.45) is 0 Å². The molecule has 6 aromatic carbocycles. The van der Waals surface area contributed by atoms with Gasteiger partial charge in [0.2, 0.25) is 0 Å². The summed E-state index contributed by atoms with van der Waals surface area (Å²) in [5.74, 6) is 6.84. The molecule has 0 radical (unpaired) electrons. The van der Waals surface area contributed by atoms with Crippen molar-refractivity contribution in [2.75, 3.05) is 4.90 Å². The molecule has 0 saturated carbocycles. The van der Waals surface area contributed by atoms with E-state index in [1.165, 1.54) is 22.0 Å². The second-order valence-corrected chi connectivity index (χ2v) is 16.4. The van der Waals surface area contributed by atoms with Gasteiger partial charge in [0, 0.05) is 41.3 Å². The van der Waals surface area contributed by atoms with Crippen molar-refractivity contribution >= 4 is 60.2 Å². The molecule has 0 unspecified atom stereocenters. The first kappa shape index (κ1) is 41.2. The summed E-state index contributed by atoms with van der Waals surface area (Å²) in [7, 11) is 0. The van der Waals surface area contributed by atoms with E-state index >= 15 is 0 Å². The van der Waals surface area contributed by atoms with Crippen LogP contribution in [-0.2, 0) is 13.1 Å². The highest BCUT2D eigenvalue weighted by Gasteiger charge is 2.19. The minimum atomic E-state index is -0.286. The summed E-state index contributed by atoms with van der Waals surface area (Å²) in [6.07, 6.45) is 12.7. The first-order chi connectivity index (χ1) is 29.9. The van der Waals surface area contributed by atoms with E-state index in [0.717, 1.165) is 108 Å². The van der Waals surface area contributed by atoms with Crippen LogP contribution < -0.4 is 27.1 Å². The number of benzene rings is 6. The minimum absolute atomic E-state index is 0.275. The zero-order valence-electron chi connectivity index (χ0n) is 35.3. The van der Waals surface area contributed by atoms with Gasteiger partial charge < -0.3 is 4.90 Å². The van der Waals surface area contributed by atoms with Crippen molar-refractivity contribution in [3.05, 3.63) is 168 Å². The molecule has 0 atom stereocenters. The van der Waals surface area contributed by atoms with E-state index in [0.29, 0.717) is 40.2 Å². The predicted octanol–water partition coefficient (Wildman–Crippen LogP) is 11.8. The molecule has 0 aliphatic carbocycles. The molecule has 0 saturated heterocycles. The number of rotatable bonds is 17. The van der Waals surface area contributed by atoms with Gasteiger partial charge in [0.25, 0.3) is 22.2 Å². The third-order valence-corrected chi connectivity index (χ3v) is 12.1. The fourth-order valence-corrected chi connectivity index (χ4v) is 8.76. The molecule has 8 aromatic rings. The first-order valence-corrected chi connectivity index (χ1v) is 22.2. The number of para-hydroxylation sites is 2. The molecule has 0 N–H and O–H groups in total. The number of aromatic nitrogens is 2. The molecule has 7 nitrogen and oxygen atoms in total. The average Bonchev–Trinajstić information content (AvgIpc) is 3.66. The number of nitrogens with zero attached hydrogens (tertiary/aromatic N) is 3. The van der Waals surface area contributed by atoms with E-state index < -0.39 is 0 Å². The molecular formula is C54H53N3O4. The Balaban J connectivity index is 1.23. The Morgan fingerprint density at radius 2 is 0.803 bits per heavy atom. The van der Waals surface area contributed by atoms with Gasteiger partial charge in [0.15, 0.2) is 0 Å². The molecule has 2 aromatic heterocycles. The Kier molecular flexibility index (Phi) is 12.7. The van der Waals surface area contributed by atoms with Crippen LogP contribution in [0.15, 0.2) is 134 Å². The van der Waals surface area contributed by atoms with Crippen LogP contribution in [0.2, 0.25) is 0 Å². The van der Waals surface area contributed by atoms with E-state index in [9.17, 15) is 19.2 Å². The van der Waals surface area contributed by atoms with E-state index in [4.69, 9.17) is 0 Å². The summed E-state index contributed by atoms with van der Waals surface area (Å²) >= 11 is 0. The molecular weight excluding hydrogens is 755 g/mol. The Labute approximate surface area is 356 Å². The van der Waals surface area contributed by atoms with Gasteiger partial charge in [-0.05, 0) is 113 Å². The van der Waals surface area contributed by atoms with Crippen LogP contribution in [-0.4, -0.2) is 9.13 Å². The van der Waals surface area contributed by atoms with Gasteiger partial charge in [-0.3, -0.25) is 28.3 Å². The molecule has 308 valence electrons. The Morgan fingerprint density at radius 3 is 1.25 bits per heavy atom. The molecule has 8 rings (SSSR count). The molecule has 0 spiro atoms. The van der Waals surface area contributed by atoms with Crippen LogP contribution in [0, 0.1) is 11.8 Å². The SMILES string of the molecule is CCCCCCCCn1c(=O)c2cc3cc4cc5c(=O)n(CCCCCCCC)c(=O)c5cc4c(C#Cc4ccc(N(c5ccccc5)c5ccccc5)cc4)c3cc2c1=O. The van der Waals surface area contributed by atoms with Crippen LogP contribution in [0.3, 0.4) is 0 Å². The van der Waals surface area contributed by atoms with E-state index in [1.54, 1.807) is 24.3 Å². The van der Waals surface area contributed by atoms with Crippen molar-refractivity contribution in [2.45, 2.75) is 104 Å². The number of hydrogen-bond acceptors (Lipinski definition) is 5. The maximum Gasteiger partial charge on any atom is 0.261 e. The van der Waals surface area contributed by atoms with Gasteiger partial charge in [-0.2, -0.15) is 0 Å². The quantitative estimate of drug-likeness (QED) is 0.0520. The molecule has 7 heteroatoms. The number of fused-ring (bicyclic) bond motifs is 4. The fourth-order valence-electron chi connectivity index (χ4n) is 8.76. The highest BCUT2D eigenvalue weighted by atomic mass is 16.2. The molecule has 61 heavy (non-hydrogen) atoms. The second kappa shape index (κ2) is 18.8. The number of unbranched alkanes of at least 4 members (excludes halogenated alkanes) is 10. The van der Waals surface area contributed by atoms with E-state index in [-0.39, 0.29) is 22.2 Å². The van der Waals surface area contributed by atoms with Crippen LogP contribution >= 0.6 is 0 Å². The van der Waals surface area contributed by atoms with E-state index in [2.05, 4.69) is 67.0 Å². The lowest BCUT2D eigenvalue weighted by molar-refractivity contribution is 0.547. The summed E-state index contributed by atoms with van der Waals surface area (Å²) in [6, 6.07) is 37.7. The van der Waals surface area contributed by atoms with Crippen LogP contribution in [0.5, 0.6) is 0 Å². The Morgan fingerprint density at radius 1 is 0.410 bits per heavy atom. The maximum absolute atomic E-state index is 13.9. The highest BCUT2D eigenvalue weighted by molar-refractivity contribution is 6.12. The molecule has 0 fully saturated rings. The summed E-state index contributed by atoms with van der Waals surface area (Å²) < 4.78 is 2.77. The molecule has 0 aliphatic heterocycles. The third kappa shape index (κ3) is 8.59. The van der Waals surface area contributed by atoms with Crippen molar-refractivity contribution < 1.29 is 0 Å². The number of hydrogen-bond donors (Lipinski definition) is 0. The Hall–Kier alpha value is -6.52. The summed E-state index contributed by atoms with van der Waals surface area (Å²) in [4.78, 5) is 57.4. The largest absolute Gasteiger partial charge is 0.311 e. The smallest absolute Gasteiger partial charge is 0.261 e. The normalized spacial score (nSPS) is 11.5. The zero-order chi connectivity index (χ0) is 42.3. The van der Waals surface area contributed by atoms with Gasteiger partial charge in [0.1, 0.15) is 0 Å². The lowest BCUT2D eigenvalue weighted by Crippen LogP contribution is -2.25. The zero-order valence-corrected chi connectivity index (χ0v) is 35.3. The average molecular weight is 808 g/mol. The maximum atomic E-state index is 13.9. The summed E-state index contributed by atoms with van der Waals surface area (Å²) in [6.45, 7) is 5.14. The highest BCUT2D eigenvalue weighted by Crippen LogP contribution is 2.35. The van der Waals surface area contributed by atoms with Gasteiger partial charge in [-0.25, -0.2) is 0 Å². The lowest BCUT2D eigenvalue weighted by Gasteiger charge is -2.25. The van der Waals surface area contributed by atoms with E-state index in [1.807, 2.05) is 54.6 Å². The summed E-state index contributed by atoms with van der Waals surface area (Å²) in [5, 5.41) is 4.44. The van der Waals surface area contributed by atoms with Crippen molar-refractivity contribution in [1.29, 1.82) is 0 Å². The van der Waals surface area contributed by atoms with Gasteiger partial charge in [-0.1, -0.05) is 126 Å². The van der Waals surface area contributed by atoms with Gasteiger partial charge in [-0.15, -0.1) is 0 Å². The molecule has 0 amide bonds. The summed E-state index contributed by atoms with van der Waals surface area (Å²) in [5.41, 5.74) is 3.35. The van der Waals surface area contributed by atoms with Crippen LogP contribution in [0.25, 0.3) is 43.1 Å². The monoisotopic (exact) mass is 807 g/mol. The van der Waals surface area contributed by atoms with Crippen molar-refractivity contribution in [1.82, 2.24) is 9.13 Å². The van der Waals surface area contributed by atoms with Crippen LogP contribution in [0.4, 0.5) is 17.1 Å². The van der Waals surface area contributed by atoms with Crippen molar-refractivity contribution in [3.63, 3.8) is 0 Å². The van der Waals surface area contributed by atoms with Gasteiger partial charge in [0.05, 0.1) is 21.5 Å². The topological polar surface area (TPSA) is 81.4 Å². The molecule has 0 aliphatic rings.